The lowest BCUT2D eigenvalue weighted by atomic mass is 9.71. The lowest BCUT2D eigenvalue weighted by molar-refractivity contribution is 0.264. The third-order valence-corrected chi connectivity index (χ3v) is 7.20. The summed E-state index contributed by atoms with van der Waals surface area (Å²) in [5, 5.41) is 14.1. The number of aromatic nitrogens is 4. The number of nitrogens with zero attached hydrogens (tertiary/aromatic N) is 3. The second-order valence-electron chi connectivity index (χ2n) is 9.32. The van der Waals surface area contributed by atoms with Crippen LogP contribution in [-0.4, -0.2) is 20.6 Å². The number of rotatable bonds is 4. The molecule has 150 valence electrons. The van der Waals surface area contributed by atoms with Gasteiger partial charge in [-0.05, 0) is 61.4 Å². The Hall–Kier alpha value is -2.75. The molecule has 0 radical (unpaired) electrons. The molecular weight excluding hydrogens is 356 g/mol. The van der Waals surface area contributed by atoms with Crippen LogP contribution in [-0.2, 0) is 10.8 Å². The molecule has 1 atom stereocenters. The monoisotopic (exact) mass is 386 g/mol. The average Bonchev–Trinajstić information content (AvgIpc) is 3.29. The highest BCUT2D eigenvalue weighted by atomic mass is 15.5. The molecule has 1 heterocycles. The average molecular weight is 387 g/mol. The zero-order valence-electron chi connectivity index (χ0n) is 18.2. The molecule has 1 aliphatic rings. The van der Waals surface area contributed by atoms with Gasteiger partial charge in [-0.2, -0.15) is 0 Å². The maximum atomic E-state index is 3.97. The molecule has 0 spiro atoms. The molecule has 0 saturated heterocycles. The first-order valence-electron chi connectivity index (χ1n) is 10.4. The molecule has 4 nitrogen and oxygen atoms in total. The summed E-state index contributed by atoms with van der Waals surface area (Å²) in [7, 11) is 0. The van der Waals surface area contributed by atoms with Crippen molar-refractivity contribution in [2.24, 2.45) is 5.92 Å². The van der Waals surface area contributed by atoms with Crippen molar-refractivity contribution >= 4 is 11.6 Å². The van der Waals surface area contributed by atoms with Crippen molar-refractivity contribution in [2.45, 2.75) is 58.8 Å². The number of benzene rings is 2. The number of H-pyrrole nitrogens is 1. The molecular formula is C25H30N4. The molecule has 0 aliphatic heterocycles. The van der Waals surface area contributed by atoms with Gasteiger partial charge in [0.25, 0.3) is 0 Å². The number of tetrazole rings is 1. The van der Waals surface area contributed by atoms with Crippen molar-refractivity contribution in [1.29, 1.82) is 0 Å². The van der Waals surface area contributed by atoms with Crippen molar-refractivity contribution in [3.63, 3.8) is 0 Å². The van der Waals surface area contributed by atoms with Crippen LogP contribution in [0.25, 0.3) is 23.0 Å². The van der Waals surface area contributed by atoms with Crippen molar-refractivity contribution in [2.75, 3.05) is 0 Å². The summed E-state index contributed by atoms with van der Waals surface area (Å²) in [5.74, 6) is 1.29. The first-order valence-corrected chi connectivity index (χ1v) is 10.4. The van der Waals surface area contributed by atoms with Gasteiger partial charge < -0.3 is 0 Å². The molecule has 1 aliphatic carbocycles. The van der Waals surface area contributed by atoms with Gasteiger partial charge in [0.1, 0.15) is 0 Å². The molecule has 3 aromatic rings. The molecule has 0 amide bonds. The van der Waals surface area contributed by atoms with Gasteiger partial charge in [-0.25, -0.2) is 5.10 Å². The maximum Gasteiger partial charge on any atom is 0.179 e. The van der Waals surface area contributed by atoms with Gasteiger partial charge in [-0.15, -0.1) is 5.10 Å². The van der Waals surface area contributed by atoms with E-state index in [9.17, 15) is 0 Å². The third kappa shape index (κ3) is 3.21. The number of nitrogens with one attached hydrogen (secondary N) is 1. The Morgan fingerprint density at radius 3 is 2.31 bits per heavy atom. The molecule has 1 N–H and O–H groups in total. The number of aromatic amines is 1. The zero-order valence-corrected chi connectivity index (χ0v) is 18.2. The van der Waals surface area contributed by atoms with Crippen molar-refractivity contribution < 1.29 is 0 Å². The highest BCUT2D eigenvalue weighted by Crippen LogP contribution is 2.53. The Morgan fingerprint density at radius 1 is 1.00 bits per heavy atom. The fourth-order valence-electron chi connectivity index (χ4n) is 4.82. The van der Waals surface area contributed by atoms with Gasteiger partial charge in [0.05, 0.1) is 0 Å². The lowest BCUT2D eigenvalue weighted by Gasteiger charge is -2.32. The van der Waals surface area contributed by atoms with E-state index in [0.717, 1.165) is 12.0 Å². The summed E-state index contributed by atoms with van der Waals surface area (Å²) < 4.78 is 0. The topological polar surface area (TPSA) is 54.5 Å². The van der Waals surface area contributed by atoms with Crippen molar-refractivity contribution in [1.82, 2.24) is 20.6 Å². The largest absolute Gasteiger partial charge is 0.239 e. The Balaban J connectivity index is 1.70. The fraction of sp³-hybridized carbons (Fsp3) is 0.400. The third-order valence-electron chi connectivity index (χ3n) is 7.20. The summed E-state index contributed by atoms with van der Waals surface area (Å²) in [6, 6.07) is 15.4. The van der Waals surface area contributed by atoms with Crippen LogP contribution in [0.1, 0.15) is 70.2 Å². The van der Waals surface area contributed by atoms with Gasteiger partial charge in [-0.3, -0.25) is 0 Å². The minimum atomic E-state index is 0.181. The van der Waals surface area contributed by atoms with E-state index in [1.54, 1.807) is 0 Å². The fourth-order valence-corrected chi connectivity index (χ4v) is 4.82. The van der Waals surface area contributed by atoms with E-state index in [0.29, 0.717) is 11.7 Å². The van der Waals surface area contributed by atoms with Gasteiger partial charge in [0.2, 0.25) is 0 Å². The van der Waals surface area contributed by atoms with Crippen LogP contribution in [0.2, 0.25) is 0 Å². The van der Waals surface area contributed by atoms with Crippen LogP contribution in [0.5, 0.6) is 0 Å². The highest BCUT2D eigenvalue weighted by molar-refractivity contribution is 5.82. The summed E-state index contributed by atoms with van der Waals surface area (Å²) >= 11 is 0. The van der Waals surface area contributed by atoms with Gasteiger partial charge in [-0.1, -0.05) is 90.1 Å². The van der Waals surface area contributed by atoms with E-state index in [4.69, 9.17) is 0 Å². The van der Waals surface area contributed by atoms with Gasteiger partial charge >= 0.3 is 0 Å². The summed E-state index contributed by atoms with van der Waals surface area (Å²) in [5.41, 5.74) is 8.24. The van der Waals surface area contributed by atoms with Crippen LogP contribution in [0.4, 0.5) is 0 Å². The molecule has 4 heteroatoms. The summed E-state index contributed by atoms with van der Waals surface area (Å²) in [6.07, 6.45) is 3.28. The van der Waals surface area contributed by atoms with E-state index in [1.165, 1.54) is 27.8 Å². The van der Waals surface area contributed by atoms with E-state index < -0.39 is 0 Å². The first-order chi connectivity index (χ1) is 13.7. The predicted molar refractivity (Wildman–Crippen MR) is 119 cm³/mol. The second kappa shape index (κ2) is 6.94. The Kier molecular flexibility index (Phi) is 4.68. The quantitative estimate of drug-likeness (QED) is 0.558. The van der Waals surface area contributed by atoms with E-state index >= 15 is 0 Å². The Bertz CT molecular complexity index is 1040. The first kappa shape index (κ1) is 19.6. The SMILES string of the molecule is CCC(=Cc1ccc(-c2nnn[nH]2)cc1)c1ccc2c(c1)C(C)(C)C(C)C2(C)C. The Labute approximate surface area is 173 Å². The van der Waals surface area contributed by atoms with Crippen LogP contribution >= 0.6 is 0 Å². The zero-order chi connectivity index (χ0) is 20.8. The lowest BCUT2D eigenvalue weighted by Crippen LogP contribution is -2.30. The predicted octanol–water partition coefficient (Wildman–Crippen LogP) is 6.02. The maximum absolute atomic E-state index is 3.97. The van der Waals surface area contributed by atoms with E-state index in [1.807, 2.05) is 0 Å². The standard InChI is InChI=1S/C25H30N4/c1-7-18(14-17-8-10-19(11-9-17)23-26-28-29-27-23)20-12-13-21-22(15-20)25(5,6)16(2)24(21,3)4/h8-16H,7H2,1-6H3,(H,26,27,28,29). The Morgan fingerprint density at radius 2 is 1.69 bits per heavy atom. The molecule has 1 unspecified atom stereocenters. The van der Waals surface area contributed by atoms with Crippen LogP contribution in [0.15, 0.2) is 42.5 Å². The van der Waals surface area contributed by atoms with Crippen molar-refractivity contribution in [3.05, 3.63) is 64.7 Å². The van der Waals surface area contributed by atoms with E-state index in [2.05, 4.69) is 111 Å². The minimum Gasteiger partial charge on any atom is -0.239 e. The number of hydrogen-bond donors (Lipinski definition) is 1. The summed E-state index contributed by atoms with van der Waals surface area (Å²) in [4.78, 5) is 0. The number of allylic oxidation sites excluding steroid dienone is 1. The molecule has 29 heavy (non-hydrogen) atoms. The van der Waals surface area contributed by atoms with Crippen LogP contribution < -0.4 is 0 Å². The van der Waals surface area contributed by atoms with E-state index in [-0.39, 0.29) is 10.8 Å². The second-order valence-corrected chi connectivity index (χ2v) is 9.32. The van der Waals surface area contributed by atoms with Crippen LogP contribution in [0.3, 0.4) is 0 Å². The molecule has 1 aromatic heterocycles. The van der Waals surface area contributed by atoms with Gasteiger partial charge in [0, 0.05) is 5.56 Å². The minimum absolute atomic E-state index is 0.181. The molecule has 0 fully saturated rings. The smallest absolute Gasteiger partial charge is 0.179 e. The molecule has 2 aromatic carbocycles. The normalized spacial score (nSPS) is 19.9. The summed E-state index contributed by atoms with van der Waals surface area (Å²) in [6.45, 7) is 14.2. The molecule has 4 rings (SSSR count). The van der Waals surface area contributed by atoms with Gasteiger partial charge in [0.15, 0.2) is 5.82 Å². The molecule has 0 bridgehead atoms. The highest BCUT2D eigenvalue weighted by Gasteiger charge is 2.48. The van der Waals surface area contributed by atoms with Crippen molar-refractivity contribution in [3.8, 4) is 11.4 Å². The van der Waals surface area contributed by atoms with Crippen LogP contribution in [0, 0.1) is 5.92 Å². The molecule has 0 saturated carbocycles. The number of hydrogen-bond acceptors (Lipinski definition) is 3. The number of fused-ring (bicyclic) bond motifs is 1.